The van der Waals surface area contributed by atoms with E-state index >= 15 is 0 Å². The third-order valence-corrected chi connectivity index (χ3v) is 4.30. The maximum absolute atomic E-state index is 5.92. The molecule has 0 bridgehead atoms. The van der Waals surface area contributed by atoms with Gasteiger partial charge in [-0.3, -0.25) is 0 Å². The van der Waals surface area contributed by atoms with Crippen LogP contribution >= 0.6 is 11.3 Å². The minimum Gasteiger partial charge on any atom is -0.376 e. The minimum atomic E-state index is 0.367. The summed E-state index contributed by atoms with van der Waals surface area (Å²) in [5.41, 5.74) is 1.39. The van der Waals surface area contributed by atoms with Crippen molar-refractivity contribution in [2.24, 2.45) is 0 Å². The van der Waals surface area contributed by atoms with Gasteiger partial charge in [0, 0.05) is 11.5 Å². The average molecular weight is 239 g/mol. The second-order valence-electron chi connectivity index (χ2n) is 4.41. The number of hydrogen-bond donors (Lipinski definition) is 1. The quantitative estimate of drug-likeness (QED) is 0.870. The fourth-order valence-electron chi connectivity index (χ4n) is 2.34. The largest absolute Gasteiger partial charge is 0.376 e. The molecule has 3 heteroatoms. The van der Waals surface area contributed by atoms with Gasteiger partial charge in [0.2, 0.25) is 0 Å². The normalized spacial score (nSPS) is 23.2. The van der Waals surface area contributed by atoms with Gasteiger partial charge in [-0.1, -0.05) is 6.92 Å². The third-order valence-electron chi connectivity index (χ3n) is 3.19. The van der Waals surface area contributed by atoms with Crippen molar-refractivity contribution in [3.63, 3.8) is 0 Å². The first kappa shape index (κ1) is 12.1. The molecule has 0 aliphatic carbocycles. The van der Waals surface area contributed by atoms with Gasteiger partial charge in [-0.05, 0) is 49.7 Å². The van der Waals surface area contributed by atoms with Crippen molar-refractivity contribution >= 4 is 11.3 Å². The summed E-state index contributed by atoms with van der Waals surface area (Å²) in [6.07, 6.45) is 4.08. The molecule has 0 amide bonds. The van der Waals surface area contributed by atoms with E-state index in [0.29, 0.717) is 12.1 Å². The van der Waals surface area contributed by atoms with E-state index in [1.54, 1.807) is 0 Å². The second kappa shape index (κ2) is 5.80. The molecule has 2 rings (SSSR count). The molecule has 1 aromatic rings. The molecule has 1 aliphatic heterocycles. The van der Waals surface area contributed by atoms with Crippen LogP contribution in [-0.4, -0.2) is 19.3 Å². The highest BCUT2D eigenvalue weighted by atomic mass is 32.1. The molecule has 1 saturated heterocycles. The SMILES string of the molecule is CCNC(c1sccc1C)C1CCCCO1. The van der Waals surface area contributed by atoms with Gasteiger partial charge >= 0.3 is 0 Å². The highest BCUT2D eigenvalue weighted by molar-refractivity contribution is 7.10. The van der Waals surface area contributed by atoms with Gasteiger partial charge in [-0.2, -0.15) is 0 Å². The highest BCUT2D eigenvalue weighted by Gasteiger charge is 2.26. The van der Waals surface area contributed by atoms with Gasteiger partial charge in [-0.25, -0.2) is 0 Å². The number of ether oxygens (including phenoxy) is 1. The summed E-state index contributed by atoms with van der Waals surface area (Å²) in [4.78, 5) is 1.45. The van der Waals surface area contributed by atoms with Crippen LogP contribution in [-0.2, 0) is 4.74 Å². The van der Waals surface area contributed by atoms with Crippen molar-refractivity contribution in [2.75, 3.05) is 13.2 Å². The fraction of sp³-hybridized carbons (Fsp3) is 0.692. The molecule has 1 aliphatic rings. The molecule has 2 unspecified atom stereocenters. The lowest BCUT2D eigenvalue weighted by molar-refractivity contribution is -0.00723. The molecule has 0 aromatic carbocycles. The Hall–Kier alpha value is -0.380. The number of likely N-dealkylation sites (N-methyl/N-ethyl adjacent to an activating group) is 1. The molecular formula is C13H21NOS. The number of hydrogen-bond acceptors (Lipinski definition) is 3. The standard InChI is InChI=1S/C13H21NOS/c1-3-14-12(11-6-4-5-8-15-11)13-10(2)7-9-16-13/h7,9,11-12,14H,3-6,8H2,1-2H3. The maximum Gasteiger partial charge on any atom is 0.0777 e. The summed E-state index contributed by atoms with van der Waals surface area (Å²) in [7, 11) is 0. The van der Waals surface area contributed by atoms with Crippen LogP contribution in [0.2, 0.25) is 0 Å². The maximum atomic E-state index is 5.92. The first-order chi connectivity index (χ1) is 7.83. The highest BCUT2D eigenvalue weighted by Crippen LogP contribution is 2.31. The summed E-state index contributed by atoms with van der Waals surface area (Å²) in [6.45, 7) is 6.29. The van der Waals surface area contributed by atoms with Gasteiger partial charge in [0.1, 0.15) is 0 Å². The molecule has 2 heterocycles. The summed E-state index contributed by atoms with van der Waals surface area (Å²) >= 11 is 1.85. The zero-order valence-corrected chi connectivity index (χ0v) is 11.0. The van der Waals surface area contributed by atoms with E-state index in [2.05, 4.69) is 30.6 Å². The molecule has 0 radical (unpaired) electrons. The Morgan fingerprint density at radius 3 is 3.00 bits per heavy atom. The van der Waals surface area contributed by atoms with Crippen LogP contribution in [0.4, 0.5) is 0 Å². The molecule has 2 atom stereocenters. The van der Waals surface area contributed by atoms with Crippen molar-refractivity contribution in [2.45, 2.75) is 45.3 Å². The molecule has 1 N–H and O–H groups in total. The van der Waals surface area contributed by atoms with Crippen molar-refractivity contribution in [1.82, 2.24) is 5.32 Å². The smallest absolute Gasteiger partial charge is 0.0777 e. The van der Waals surface area contributed by atoms with Gasteiger partial charge in [-0.15, -0.1) is 11.3 Å². The van der Waals surface area contributed by atoms with Crippen LogP contribution in [0.5, 0.6) is 0 Å². The van der Waals surface area contributed by atoms with Crippen molar-refractivity contribution < 1.29 is 4.74 Å². The van der Waals surface area contributed by atoms with E-state index in [0.717, 1.165) is 13.2 Å². The van der Waals surface area contributed by atoms with Crippen LogP contribution in [0.15, 0.2) is 11.4 Å². The second-order valence-corrected chi connectivity index (χ2v) is 5.36. The van der Waals surface area contributed by atoms with Crippen LogP contribution in [0.25, 0.3) is 0 Å². The molecule has 0 saturated carbocycles. The predicted molar refractivity (Wildman–Crippen MR) is 69.1 cm³/mol. The van der Waals surface area contributed by atoms with Gasteiger partial charge in [0.05, 0.1) is 12.1 Å². The summed E-state index contributed by atoms with van der Waals surface area (Å²) in [5.74, 6) is 0. The lowest BCUT2D eigenvalue weighted by atomic mass is 9.99. The number of rotatable bonds is 4. The Kier molecular flexibility index (Phi) is 4.38. The number of thiophene rings is 1. The minimum absolute atomic E-state index is 0.367. The fourth-order valence-corrected chi connectivity index (χ4v) is 3.40. The molecule has 0 spiro atoms. The molecule has 90 valence electrons. The van der Waals surface area contributed by atoms with E-state index in [9.17, 15) is 0 Å². The molecule has 1 fully saturated rings. The number of aryl methyl sites for hydroxylation is 1. The summed E-state index contributed by atoms with van der Waals surface area (Å²) < 4.78 is 5.92. The van der Waals surface area contributed by atoms with E-state index in [1.807, 2.05) is 11.3 Å². The zero-order chi connectivity index (χ0) is 11.4. The van der Waals surface area contributed by atoms with Crippen LogP contribution < -0.4 is 5.32 Å². The Balaban J connectivity index is 2.12. The molecule has 2 nitrogen and oxygen atoms in total. The molecular weight excluding hydrogens is 218 g/mol. The first-order valence-electron chi connectivity index (χ1n) is 6.22. The predicted octanol–water partition coefficient (Wildman–Crippen LogP) is 3.28. The zero-order valence-electron chi connectivity index (χ0n) is 10.2. The van der Waals surface area contributed by atoms with Crippen LogP contribution in [0, 0.1) is 6.92 Å². The first-order valence-corrected chi connectivity index (χ1v) is 7.10. The Morgan fingerprint density at radius 2 is 2.44 bits per heavy atom. The lowest BCUT2D eigenvalue weighted by Gasteiger charge is -2.31. The Labute approximate surface area is 102 Å². The third kappa shape index (κ3) is 2.65. The van der Waals surface area contributed by atoms with Crippen molar-refractivity contribution in [3.8, 4) is 0 Å². The Bertz CT molecular complexity index is 317. The van der Waals surface area contributed by atoms with Crippen LogP contribution in [0.3, 0.4) is 0 Å². The van der Waals surface area contributed by atoms with Crippen molar-refractivity contribution in [1.29, 1.82) is 0 Å². The van der Waals surface area contributed by atoms with E-state index in [4.69, 9.17) is 4.74 Å². The number of nitrogens with one attached hydrogen (secondary N) is 1. The van der Waals surface area contributed by atoms with E-state index in [-0.39, 0.29) is 0 Å². The monoisotopic (exact) mass is 239 g/mol. The van der Waals surface area contributed by atoms with E-state index in [1.165, 1.54) is 29.7 Å². The van der Waals surface area contributed by atoms with Gasteiger partial charge < -0.3 is 10.1 Å². The van der Waals surface area contributed by atoms with Crippen LogP contribution in [0.1, 0.15) is 42.7 Å². The topological polar surface area (TPSA) is 21.3 Å². The van der Waals surface area contributed by atoms with Gasteiger partial charge in [0.25, 0.3) is 0 Å². The Morgan fingerprint density at radius 1 is 1.56 bits per heavy atom. The van der Waals surface area contributed by atoms with Gasteiger partial charge in [0.15, 0.2) is 0 Å². The van der Waals surface area contributed by atoms with Crippen molar-refractivity contribution in [3.05, 3.63) is 21.9 Å². The molecule has 16 heavy (non-hydrogen) atoms. The van der Waals surface area contributed by atoms with E-state index < -0.39 is 0 Å². The average Bonchev–Trinajstić information content (AvgIpc) is 2.73. The lowest BCUT2D eigenvalue weighted by Crippen LogP contribution is -2.35. The summed E-state index contributed by atoms with van der Waals surface area (Å²) in [6, 6.07) is 2.60. The summed E-state index contributed by atoms with van der Waals surface area (Å²) in [5, 5.41) is 5.76. The molecule has 1 aromatic heterocycles.